The third-order valence-electron chi connectivity index (χ3n) is 4.16. The van der Waals surface area contributed by atoms with Crippen molar-refractivity contribution in [3.63, 3.8) is 0 Å². The highest BCUT2D eigenvalue weighted by molar-refractivity contribution is 5.94. The molecule has 2 heterocycles. The molecule has 1 aliphatic rings. The number of esters is 1. The summed E-state index contributed by atoms with van der Waals surface area (Å²) < 4.78 is 4.48. The van der Waals surface area contributed by atoms with Gasteiger partial charge < -0.3 is 14.6 Å². The van der Waals surface area contributed by atoms with Crippen molar-refractivity contribution in [1.29, 1.82) is 0 Å². The van der Waals surface area contributed by atoms with Gasteiger partial charge in [-0.3, -0.25) is 4.79 Å². The average molecular weight is 319 g/mol. The molecule has 0 atom stereocenters. The molecule has 0 bridgehead atoms. The first-order valence-electron chi connectivity index (χ1n) is 7.91. The Bertz CT molecular complexity index is 590. The van der Waals surface area contributed by atoms with Gasteiger partial charge in [-0.25, -0.2) is 9.78 Å². The predicted octanol–water partition coefficient (Wildman–Crippen LogP) is 2.14. The lowest BCUT2D eigenvalue weighted by molar-refractivity contribution is -0.135. The lowest BCUT2D eigenvalue weighted by atomic mass is 9.93. The van der Waals surface area contributed by atoms with Crippen LogP contribution in [-0.4, -0.2) is 46.9 Å². The number of methoxy groups -OCH3 is 1. The maximum Gasteiger partial charge on any atom is 0.330 e. The number of aromatic amines is 1. The van der Waals surface area contributed by atoms with Crippen molar-refractivity contribution >= 4 is 11.9 Å². The number of nitrogens with zero attached hydrogens (tertiary/aromatic N) is 2. The summed E-state index contributed by atoms with van der Waals surface area (Å²) in [5, 5.41) is 0. The molecule has 1 amide bonds. The van der Waals surface area contributed by atoms with Crippen LogP contribution in [0.3, 0.4) is 0 Å². The minimum atomic E-state index is -0.515. The fourth-order valence-electron chi connectivity index (χ4n) is 2.61. The summed E-state index contributed by atoms with van der Waals surface area (Å²) >= 11 is 0. The SMILES string of the molecule is COC(=O)/C=C/C(=O)N1CCC(c2ncc(C(C)(C)C)[nH]2)CC1. The molecule has 1 aromatic heterocycles. The average Bonchev–Trinajstić information content (AvgIpc) is 3.02. The summed E-state index contributed by atoms with van der Waals surface area (Å²) in [5.74, 6) is 0.689. The van der Waals surface area contributed by atoms with Crippen LogP contribution in [0.15, 0.2) is 18.3 Å². The molecule has 6 heteroatoms. The summed E-state index contributed by atoms with van der Waals surface area (Å²) in [5.41, 5.74) is 1.19. The molecule has 1 saturated heterocycles. The van der Waals surface area contributed by atoms with Crippen molar-refractivity contribution in [2.75, 3.05) is 20.2 Å². The van der Waals surface area contributed by atoms with Crippen molar-refractivity contribution in [2.24, 2.45) is 0 Å². The van der Waals surface area contributed by atoms with Crippen molar-refractivity contribution in [2.45, 2.75) is 44.9 Å². The Hall–Kier alpha value is -2.11. The van der Waals surface area contributed by atoms with E-state index in [1.165, 1.54) is 13.2 Å². The standard InChI is InChI=1S/C17H25N3O3/c1-17(2,3)13-11-18-16(19-13)12-7-9-20(10-8-12)14(21)5-6-15(22)23-4/h5-6,11-12H,7-10H2,1-4H3,(H,18,19)/b6-5+. The first-order chi connectivity index (χ1) is 10.8. The monoisotopic (exact) mass is 319 g/mol. The van der Waals surface area contributed by atoms with E-state index in [1.807, 2.05) is 6.20 Å². The molecule has 2 rings (SSSR count). The number of carbonyl (C=O) groups is 2. The molecule has 0 aliphatic carbocycles. The van der Waals surface area contributed by atoms with E-state index in [-0.39, 0.29) is 11.3 Å². The lowest BCUT2D eigenvalue weighted by Gasteiger charge is -2.30. The van der Waals surface area contributed by atoms with Gasteiger partial charge in [0.05, 0.1) is 7.11 Å². The number of likely N-dealkylation sites (tertiary alicyclic amines) is 1. The highest BCUT2D eigenvalue weighted by Crippen LogP contribution is 2.28. The van der Waals surface area contributed by atoms with E-state index in [9.17, 15) is 9.59 Å². The molecule has 1 fully saturated rings. The van der Waals surface area contributed by atoms with Gasteiger partial charge in [-0.15, -0.1) is 0 Å². The Kier molecular flexibility index (Phi) is 5.23. The highest BCUT2D eigenvalue weighted by atomic mass is 16.5. The van der Waals surface area contributed by atoms with Crippen molar-refractivity contribution < 1.29 is 14.3 Å². The molecule has 0 saturated carbocycles. The first-order valence-corrected chi connectivity index (χ1v) is 7.91. The molecule has 1 aliphatic heterocycles. The molecule has 1 aromatic rings. The van der Waals surface area contributed by atoms with Gasteiger partial charge in [-0.05, 0) is 12.8 Å². The van der Waals surface area contributed by atoms with Gasteiger partial charge >= 0.3 is 5.97 Å². The molecule has 23 heavy (non-hydrogen) atoms. The summed E-state index contributed by atoms with van der Waals surface area (Å²) in [6.45, 7) is 7.79. The van der Waals surface area contributed by atoms with E-state index in [0.29, 0.717) is 19.0 Å². The number of ether oxygens (including phenoxy) is 1. The van der Waals surface area contributed by atoms with Crippen molar-refractivity contribution in [3.8, 4) is 0 Å². The van der Waals surface area contributed by atoms with E-state index < -0.39 is 5.97 Å². The quantitative estimate of drug-likeness (QED) is 0.684. The third kappa shape index (κ3) is 4.43. The van der Waals surface area contributed by atoms with E-state index in [4.69, 9.17) is 0 Å². The Labute approximate surface area is 136 Å². The van der Waals surface area contributed by atoms with E-state index in [2.05, 4.69) is 35.5 Å². The molecule has 0 radical (unpaired) electrons. The fourth-order valence-corrected chi connectivity index (χ4v) is 2.61. The van der Waals surface area contributed by atoms with Crippen LogP contribution in [-0.2, 0) is 19.7 Å². The highest BCUT2D eigenvalue weighted by Gasteiger charge is 2.26. The van der Waals surface area contributed by atoms with Crippen molar-refractivity contribution in [1.82, 2.24) is 14.9 Å². The number of piperidine rings is 1. The Morgan fingerprint density at radius 3 is 2.48 bits per heavy atom. The van der Waals surface area contributed by atoms with Gasteiger partial charge in [0.2, 0.25) is 5.91 Å². The maximum atomic E-state index is 12.0. The molecule has 0 spiro atoms. The van der Waals surface area contributed by atoms with Crippen molar-refractivity contribution in [3.05, 3.63) is 29.9 Å². The van der Waals surface area contributed by atoms with E-state index in [1.54, 1.807) is 4.90 Å². The number of amides is 1. The topological polar surface area (TPSA) is 75.3 Å². The van der Waals surface area contributed by atoms with Gasteiger partial charge in [0.15, 0.2) is 0 Å². The number of H-pyrrole nitrogens is 1. The largest absolute Gasteiger partial charge is 0.466 e. The van der Waals surface area contributed by atoms with Crippen LogP contribution in [0.5, 0.6) is 0 Å². The number of hydrogen-bond acceptors (Lipinski definition) is 4. The van der Waals surface area contributed by atoms with Gasteiger partial charge in [-0.1, -0.05) is 20.8 Å². The van der Waals surface area contributed by atoms with Crippen LogP contribution < -0.4 is 0 Å². The van der Waals surface area contributed by atoms with E-state index >= 15 is 0 Å². The lowest BCUT2D eigenvalue weighted by Crippen LogP contribution is -2.37. The number of hydrogen-bond donors (Lipinski definition) is 1. The third-order valence-corrected chi connectivity index (χ3v) is 4.16. The Morgan fingerprint density at radius 2 is 1.96 bits per heavy atom. The second-order valence-corrected chi connectivity index (χ2v) is 6.89. The summed E-state index contributed by atoms with van der Waals surface area (Å²) in [6, 6.07) is 0. The predicted molar refractivity (Wildman–Crippen MR) is 87.0 cm³/mol. The zero-order valence-electron chi connectivity index (χ0n) is 14.3. The van der Waals surface area contributed by atoms with Crippen LogP contribution in [0.25, 0.3) is 0 Å². The van der Waals surface area contributed by atoms with Crippen LogP contribution in [0.2, 0.25) is 0 Å². The van der Waals surface area contributed by atoms with Gasteiger partial charge in [0.1, 0.15) is 5.82 Å². The molecular weight excluding hydrogens is 294 g/mol. The van der Waals surface area contributed by atoms with Gasteiger partial charge in [0.25, 0.3) is 0 Å². The van der Waals surface area contributed by atoms with Gasteiger partial charge in [0, 0.05) is 48.5 Å². The van der Waals surface area contributed by atoms with Gasteiger partial charge in [-0.2, -0.15) is 0 Å². The molecule has 126 valence electrons. The van der Waals surface area contributed by atoms with Crippen LogP contribution in [0.1, 0.15) is 51.0 Å². The molecular formula is C17H25N3O3. The fraction of sp³-hybridized carbons (Fsp3) is 0.588. The maximum absolute atomic E-state index is 12.0. The summed E-state index contributed by atoms with van der Waals surface area (Å²) in [4.78, 5) is 32.7. The van der Waals surface area contributed by atoms with Crippen LogP contribution in [0, 0.1) is 0 Å². The Balaban J connectivity index is 1.91. The minimum absolute atomic E-state index is 0.0561. The number of aromatic nitrogens is 2. The second-order valence-electron chi connectivity index (χ2n) is 6.89. The number of carbonyl (C=O) groups excluding carboxylic acids is 2. The number of rotatable bonds is 3. The van der Waals surface area contributed by atoms with Crippen LogP contribution >= 0.6 is 0 Å². The number of nitrogens with one attached hydrogen (secondary N) is 1. The minimum Gasteiger partial charge on any atom is -0.466 e. The zero-order chi connectivity index (χ0) is 17.0. The summed E-state index contributed by atoms with van der Waals surface area (Å²) in [6.07, 6.45) is 6.09. The molecule has 0 unspecified atom stereocenters. The van der Waals surface area contributed by atoms with E-state index in [0.717, 1.165) is 30.4 Å². The van der Waals surface area contributed by atoms with Crippen LogP contribution in [0.4, 0.5) is 0 Å². The zero-order valence-corrected chi connectivity index (χ0v) is 14.3. The molecule has 0 aromatic carbocycles. The number of imidazole rings is 1. The normalized spacial score (nSPS) is 16.8. The Morgan fingerprint density at radius 1 is 1.30 bits per heavy atom. The summed E-state index contributed by atoms with van der Waals surface area (Å²) in [7, 11) is 1.29. The molecule has 6 nitrogen and oxygen atoms in total. The molecule has 1 N–H and O–H groups in total. The first kappa shape index (κ1) is 17.2. The second kappa shape index (κ2) is 6.98. The smallest absolute Gasteiger partial charge is 0.330 e.